The zero-order chi connectivity index (χ0) is 16.8. The Bertz CT molecular complexity index is 534. The number of carbonyl (C=O) groups excluding carboxylic acids is 2. The van der Waals surface area contributed by atoms with Crippen molar-refractivity contribution in [3.05, 3.63) is 6.33 Å². The smallest absolute Gasteiger partial charge is 0.319 e. The molecule has 0 spiro atoms. The monoisotopic (exact) mass is 335 g/mol. The summed E-state index contributed by atoms with van der Waals surface area (Å²) in [5.74, 6) is 0.00584. The highest BCUT2D eigenvalue weighted by Gasteiger charge is 2.27. The number of carbonyl (C=O) groups is 2. The molecule has 2 fully saturated rings. The summed E-state index contributed by atoms with van der Waals surface area (Å²) in [5.41, 5.74) is 0. The van der Waals surface area contributed by atoms with Gasteiger partial charge in [-0.3, -0.25) is 4.79 Å². The van der Waals surface area contributed by atoms with E-state index < -0.39 is 0 Å². The van der Waals surface area contributed by atoms with Crippen molar-refractivity contribution in [3.8, 4) is 0 Å². The fourth-order valence-electron chi connectivity index (χ4n) is 3.30. The molecule has 0 unspecified atom stereocenters. The molecule has 3 amide bonds. The maximum Gasteiger partial charge on any atom is 0.319 e. The molecule has 3 rings (SSSR count). The summed E-state index contributed by atoms with van der Waals surface area (Å²) >= 11 is 0. The standard InChI is InChI=1S/C15H25N7O2/c23-14(6-11-22-12-16-18-19-22)17-13-4-9-21(10-5-13)15(24)20-7-2-1-3-8-20/h12-13H,1-11H2,(H,17,23). The third kappa shape index (κ3) is 4.42. The van der Waals surface area contributed by atoms with Crippen molar-refractivity contribution >= 4 is 11.9 Å². The van der Waals surface area contributed by atoms with Crippen LogP contribution < -0.4 is 5.32 Å². The minimum absolute atomic E-state index is 0.00584. The fraction of sp³-hybridized carbons (Fsp3) is 0.800. The molecule has 0 radical (unpaired) electrons. The Balaban J connectivity index is 1.36. The lowest BCUT2D eigenvalue weighted by atomic mass is 10.0. The molecule has 24 heavy (non-hydrogen) atoms. The molecule has 2 aliphatic heterocycles. The van der Waals surface area contributed by atoms with Gasteiger partial charge in [-0.1, -0.05) is 0 Å². The average Bonchev–Trinajstić information content (AvgIpc) is 3.14. The number of hydrogen-bond donors (Lipinski definition) is 1. The highest BCUT2D eigenvalue weighted by Crippen LogP contribution is 2.16. The van der Waals surface area contributed by atoms with E-state index in [4.69, 9.17) is 0 Å². The van der Waals surface area contributed by atoms with Crippen LogP contribution in [0.15, 0.2) is 6.33 Å². The van der Waals surface area contributed by atoms with Gasteiger partial charge in [0.15, 0.2) is 0 Å². The zero-order valence-corrected chi connectivity index (χ0v) is 13.9. The number of nitrogens with zero attached hydrogens (tertiary/aromatic N) is 6. The first-order valence-electron chi connectivity index (χ1n) is 8.76. The van der Waals surface area contributed by atoms with E-state index in [9.17, 15) is 9.59 Å². The van der Waals surface area contributed by atoms with Gasteiger partial charge in [-0.25, -0.2) is 9.48 Å². The first-order chi connectivity index (χ1) is 11.7. The number of aryl methyl sites for hydroxylation is 1. The van der Waals surface area contributed by atoms with Gasteiger partial charge in [0.25, 0.3) is 0 Å². The van der Waals surface area contributed by atoms with Crippen molar-refractivity contribution in [1.82, 2.24) is 35.3 Å². The van der Waals surface area contributed by atoms with Crippen molar-refractivity contribution < 1.29 is 9.59 Å². The van der Waals surface area contributed by atoms with Crippen LogP contribution in [0.1, 0.15) is 38.5 Å². The summed E-state index contributed by atoms with van der Waals surface area (Å²) in [6.07, 6.45) is 6.93. The van der Waals surface area contributed by atoms with Crippen molar-refractivity contribution in [1.29, 1.82) is 0 Å². The van der Waals surface area contributed by atoms with Crippen molar-refractivity contribution in [2.75, 3.05) is 26.2 Å². The quantitative estimate of drug-likeness (QED) is 0.851. The lowest BCUT2D eigenvalue weighted by molar-refractivity contribution is -0.122. The predicted octanol–water partition coefficient (Wildman–Crippen LogP) is 0.250. The van der Waals surface area contributed by atoms with Gasteiger partial charge in [-0.15, -0.1) is 5.10 Å². The normalized spacial score (nSPS) is 19.3. The van der Waals surface area contributed by atoms with Crippen LogP contribution >= 0.6 is 0 Å². The van der Waals surface area contributed by atoms with Gasteiger partial charge in [-0.2, -0.15) is 0 Å². The van der Waals surface area contributed by atoms with Gasteiger partial charge in [-0.05, 0) is 42.5 Å². The van der Waals surface area contributed by atoms with Gasteiger partial charge in [0.2, 0.25) is 5.91 Å². The number of piperidine rings is 2. The number of nitrogens with one attached hydrogen (secondary N) is 1. The number of amides is 3. The molecular formula is C15H25N7O2. The topological polar surface area (TPSA) is 96.2 Å². The van der Waals surface area contributed by atoms with Crippen LogP contribution in [0.2, 0.25) is 0 Å². The van der Waals surface area contributed by atoms with Crippen LogP contribution in [-0.4, -0.2) is 74.2 Å². The fourth-order valence-corrected chi connectivity index (χ4v) is 3.30. The second-order valence-electron chi connectivity index (χ2n) is 6.48. The van der Waals surface area contributed by atoms with Gasteiger partial charge in [0.05, 0.1) is 6.54 Å². The van der Waals surface area contributed by atoms with Crippen LogP contribution in [0.3, 0.4) is 0 Å². The minimum Gasteiger partial charge on any atom is -0.353 e. The Morgan fingerprint density at radius 2 is 1.75 bits per heavy atom. The molecule has 3 heterocycles. The second kappa shape index (κ2) is 8.07. The van der Waals surface area contributed by atoms with E-state index in [1.165, 1.54) is 12.7 Å². The Labute approximate surface area is 141 Å². The lowest BCUT2D eigenvalue weighted by Gasteiger charge is -2.37. The van der Waals surface area contributed by atoms with Gasteiger partial charge < -0.3 is 15.1 Å². The molecule has 2 saturated heterocycles. The van der Waals surface area contributed by atoms with Gasteiger partial charge in [0, 0.05) is 38.6 Å². The van der Waals surface area contributed by atoms with Gasteiger partial charge in [0.1, 0.15) is 6.33 Å². The molecule has 2 aliphatic rings. The second-order valence-corrected chi connectivity index (χ2v) is 6.48. The van der Waals surface area contributed by atoms with Crippen LogP contribution in [0.25, 0.3) is 0 Å². The van der Waals surface area contributed by atoms with Gasteiger partial charge >= 0.3 is 6.03 Å². The molecule has 0 aromatic carbocycles. The molecule has 0 atom stereocenters. The van der Waals surface area contributed by atoms with Crippen molar-refractivity contribution in [2.45, 2.75) is 51.1 Å². The van der Waals surface area contributed by atoms with Crippen molar-refractivity contribution in [2.24, 2.45) is 0 Å². The predicted molar refractivity (Wildman–Crippen MR) is 86.0 cm³/mol. The summed E-state index contributed by atoms with van der Waals surface area (Å²) in [5, 5.41) is 13.9. The lowest BCUT2D eigenvalue weighted by Crippen LogP contribution is -2.51. The maximum absolute atomic E-state index is 12.5. The molecule has 1 aromatic heterocycles. The Morgan fingerprint density at radius 3 is 2.42 bits per heavy atom. The minimum atomic E-state index is 0.00584. The molecular weight excluding hydrogens is 310 g/mol. The molecule has 1 N–H and O–H groups in total. The first kappa shape index (κ1) is 16.7. The Kier molecular flexibility index (Phi) is 5.60. The van der Waals surface area contributed by atoms with Crippen LogP contribution in [0, 0.1) is 0 Å². The summed E-state index contributed by atoms with van der Waals surface area (Å²) in [4.78, 5) is 28.3. The van der Waals surface area contributed by atoms with Crippen LogP contribution in [-0.2, 0) is 11.3 Å². The van der Waals surface area contributed by atoms with Crippen molar-refractivity contribution in [3.63, 3.8) is 0 Å². The summed E-state index contributed by atoms with van der Waals surface area (Å²) < 4.78 is 1.54. The van der Waals surface area contributed by atoms with E-state index in [2.05, 4.69) is 20.8 Å². The average molecular weight is 335 g/mol. The number of rotatable bonds is 4. The largest absolute Gasteiger partial charge is 0.353 e. The highest BCUT2D eigenvalue weighted by atomic mass is 16.2. The number of likely N-dealkylation sites (tertiary alicyclic amines) is 2. The zero-order valence-electron chi connectivity index (χ0n) is 13.9. The van der Waals surface area contributed by atoms with E-state index in [1.54, 1.807) is 4.68 Å². The first-order valence-corrected chi connectivity index (χ1v) is 8.76. The summed E-state index contributed by atoms with van der Waals surface area (Å²) in [6, 6.07) is 0.315. The number of aromatic nitrogens is 4. The number of tetrazole rings is 1. The number of hydrogen-bond acceptors (Lipinski definition) is 5. The molecule has 9 nitrogen and oxygen atoms in total. The molecule has 1 aromatic rings. The van der Waals surface area contributed by atoms with E-state index >= 15 is 0 Å². The molecule has 0 bridgehead atoms. The highest BCUT2D eigenvalue weighted by molar-refractivity contribution is 5.76. The SMILES string of the molecule is O=C(CCn1cnnn1)NC1CCN(C(=O)N2CCCCC2)CC1. The molecule has 132 valence electrons. The maximum atomic E-state index is 12.5. The Hall–Kier alpha value is -2.19. The van der Waals surface area contributed by atoms with E-state index in [-0.39, 0.29) is 18.0 Å². The van der Waals surface area contributed by atoms with E-state index in [0.29, 0.717) is 26.1 Å². The van der Waals surface area contributed by atoms with Crippen LogP contribution in [0.4, 0.5) is 4.79 Å². The molecule has 0 aliphatic carbocycles. The van der Waals surface area contributed by atoms with Crippen LogP contribution in [0.5, 0.6) is 0 Å². The molecule has 9 heteroatoms. The summed E-state index contributed by atoms with van der Waals surface area (Å²) in [7, 11) is 0. The van der Waals surface area contributed by atoms with E-state index in [1.807, 2.05) is 9.80 Å². The third-order valence-corrected chi connectivity index (χ3v) is 4.72. The third-order valence-electron chi connectivity index (χ3n) is 4.72. The molecule has 0 saturated carbocycles. The summed E-state index contributed by atoms with van der Waals surface area (Å²) in [6.45, 7) is 3.67. The number of urea groups is 1. The van der Waals surface area contributed by atoms with E-state index in [0.717, 1.165) is 38.8 Å². The Morgan fingerprint density at radius 1 is 1.04 bits per heavy atom.